The summed E-state index contributed by atoms with van der Waals surface area (Å²) in [5.74, 6) is 0. The molecule has 42 heavy (non-hydrogen) atoms. The Bertz CT molecular complexity index is 1680. The third kappa shape index (κ3) is 5.49. The van der Waals surface area contributed by atoms with Crippen molar-refractivity contribution in [2.24, 2.45) is 5.41 Å². The minimum Gasteiger partial charge on any atom is -0.463 e. The molecule has 0 radical (unpaired) electrons. The van der Waals surface area contributed by atoms with Crippen molar-refractivity contribution in [3.8, 4) is 11.3 Å². The predicted molar refractivity (Wildman–Crippen MR) is 183 cm³/mol. The molecule has 0 saturated heterocycles. The van der Waals surface area contributed by atoms with E-state index in [-0.39, 0.29) is 10.8 Å². The van der Waals surface area contributed by atoms with Crippen molar-refractivity contribution in [1.29, 1.82) is 0 Å². The van der Waals surface area contributed by atoms with Gasteiger partial charge in [0.05, 0.1) is 5.38 Å². The van der Waals surface area contributed by atoms with Gasteiger partial charge in [0.2, 0.25) is 0 Å². The second-order valence-corrected chi connectivity index (χ2v) is 19.2. The minimum absolute atomic E-state index is 0.0150. The number of nitrogens with zero attached hydrogens (tertiary/aromatic N) is 1. The molecule has 218 valence electrons. The number of fused-ring (bicyclic) bond motifs is 2. The van der Waals surface area contributed by atoms with E-state index < -0.39 is 8.07 Å². The molecule has 5 aromatic rings. The summed E-state index contributed by atoms with van der Waals surface area (Å²) in [6.07, 6.45) is 9.83. The van der Waals surface area contributed by atoms with Crippen molar-refractivity contribution < 1.29 is 4.42 Å². The van der Waals surface area contributed by atoms with Gasteiger partial charge in [-0.15, -0.1) is 0 Å². The fourth-order valence-corrected chi connectivity index (χ4v) is 13.5. The zero-order valence-electron chi connectivity index (χ0n) is 26.5. The Morgan fingerprint density at radius 2 is 1.50 bits per heavy atom. The van der Waals surface area contributed by atoms with Crippen LogP contribution in [0, 0.1) is 5.41 Å². The van der Waals surface area contributed by atoms with Crippen LogP contribution in [-0.4, -0.2) is 13.1 Å². The lowest BCUT2D eigenvalue weighted by atomic mass is 9.82. The van der Waals surface area contributed by atoms with E-state index in [0.717, 1.165) is 16.8 Å². The maximum atomic E-state index is 7.23. The molecule has 1 fully saturated rings. The molecule has 1 aliphatic rings. The molecule has 1 aliphatic carbocycles. The average molecular weight is 574 g/mol. The minimum atomic E-state index is -2.24. The fourth-order valence-electron chi connectivity index (χ4n) is 7.41. The standard InChI is InChI=1S/C39H47NOSi/c1-38(2,3)22-24-42(31-16-9-7-10-17-31,32-18-11-8-12-19-32)35-27-29-21-23-40-36(37(29)41-35)30-25-28-15-13-14-20-33(28)34(26-30)39(4,5)6/h7,9-10,13-17,20-21,23,25-27,32H,8,11-12,18-19,22,24H2,1-6H3. The van der Waals surface area contributed by atoms with Gasteiger partial charge in [-0.3, -0.25) is 4.98 Å². The van der Waals surface area contributed by atoms with Crippen LogP contribution in [-0.2, 0) is 5.41 Å². The van der Waals surface area contributed by atoms with Gasteiger partial charge in [-0.1, -0.05) is 140 Å². The molecule has 2 heterocycles. The number of hydrogen-bond donors (Lipinski definition) is 0. The summed E-state index contributed by atoms with van der Waals surface area (Å²) in [5.41, 5.74) is 5.38. The molecular weight excluding hydrogens is 527 g/mol. The van der Waals surface area contributed by atoms with Gasteiger partial charge in [0.15, 0.2) is 13.7 Å². The van der Waals surface area contributed by atoms with Crippen molar-refractivity contribution in [2.45, 2.75) is 97.1 Å². The summed E-state index contributed by atoms with van der Waals surface area (Å²) in [6.45, 7) is 14.1. The summed E-state index contributed by atoms with van der Waals surface area (Å²) < 4.78 is 7.23. The zero-order chi connectivity index (χ0) is 29.5. The van der Waals surface area contributed by atoms with E-state index >= 15 is 0 Å². The smallest absolute Gasteiger partial charge is 0.165 e. The highest BCUT2D eigenvalue weighted by Gasteiger charge is 2.48. The monoisotopic (exact) mass is 573 g/mol. The molecule has 2 nitrogen and oxygen atoms in total. The van der Waals surface area contributed by atoms with Gasteiger partial charge in [0.25, 0.3) is 0 Å². The Kier molecular flexibility index (Phi) is 7.68. The Hall–Kier alpha value is -3.17. The average Bonchev–Trinajstić information content (AvgIpc) is 3.42. The Morgan fingerprint density at radius 3 is 2.21 bits per heavy atom. The third-order valence-electron chi connectivity index (χ3n) is 9.68. The van der Waals surface area contributed by atoms with Crippen molar-refractivity contribution in [2.75, 3.05) is 0 Å². The molecule has 2 aromatic heterocycles. The van der Waals surface area contributed by atoms with E-state index in [1.54, 1.807) is 0 Å². The van der Waals surface area contributed by atoms with Crippen LogP contribution in [0.5, 0.6) is 0 Å². The SMILES string of the molecule is CC(C)(C)CC[Si](c1ccccc1)(c1cc2ccnc(-c3cc(C(C)(C)C)c4ccccc4c3)c2o1)C1CCCCC1. The highest BCUT2D eigenvalue weighted by molar-refractivity contribution is 7.02. The van der Waals surface area contributed by atoms with Crippen molar-refractivity contribution in [3.05, 3.63) is 90.6 Å². The van der Waals surface area contributed by atoms with Crippen molar-refractivity contribution in [3.63, 3.8) is 0 Å². The summed E-state index contributed by atoms with van der Waals surface area (Å²) >= 11 is 0. The molecule has 0 aliphatic heterocycles. The van der Waals surface area contributed by atoms with Crippen LogP contribution >= 0.6 is 0 Å². The third-order valence-corrected chi connectivity index (χ3v) is 15.2. The van der Waals surface area contributed by atoms with Gasteiger partial charge in [-0.2, -0.15) is 0 Å². The molecule has 1 saturated carbocycles. The number of aromatic nitrogens is 1. The van der Waals surface area contributed by atoms with Gasteiger partial charge < -0.3 is 4.42 Å². The maximum Gasteiger partial charge on any atom is 0.165 e. The lowest BCUT2D eigenvalue weighted by molar-refractivity contribution is 0.392. The van der Waals surface area contributed by atoms with Crippen LogP contribution in [0.2, 0.25) is 11.6 Å². The van der Waals surface area contributed by atoms with Crippen LogP contribution in [0.25, 0.3) is 33.0 Å². The Labute approximate surface area is 253 Å². The number of rotatable bonds is 6. The van der Waals surface area contributed by atoms with Crippen molar-refractivity contribution in [1.82, 2.24) is 4.98 Å². The first-order chi connectivity index (χ1) is 20.1. The molecule has 0 N–H and O–H groups in total. The quantitative estimate of drug-likeness (QED) is 0.189. The predicted octanol–water partition coefficient (Wildman–Crippen LogP) is 10.3. The number of hydrogen-bond acceptors (Lipinski definition) is 2. The second-order valence-electron chi connectivity index (χ2n) is 14.9. The Morgan fingerprint density at radius 1 is 0.786 bits per heavy atom. The first kappa shape index (κ1) is 28.9. The van der Waals surface area contributed by atoms with Gasteiger partial charge in [0.1, 0.15) is 5.69 Å². The molecule has 1 unspecified atom stereocenters. The van der Waals surface area contributed by atoms with Gasteiger partial charge in [0, 0.05) is 17.1 Å². The van der Waals surface area contributed by atoms with Gasteiger partial charge in [-0.25, -0.2) is 0 Å². The summed E-state index contributed by atoms with van der Waals surface area (Å²) in [7, 11) is -2.24. The van der Waals surface area contributed by atoms with E-state index in [2.05, 4.69) is 120 Å². The van der Waals surface area contributed by atoms with Gasteiger partial charge in [-0.05, 0) is 63.0 Å². The first-order valence-electron chi connectivity index (χ1n) is 16.0. The van der Waals surface area contributed by atoms with E-state index in [1.807, 2.05) is 6.20 Å². The van der Waals surface area contributed by atoms with E-state index in [4.69, 9.17) is 9.40 Å². The molecule has 0 amide bonds. The zero-order valence-corrected chi connectivity index (χ0v) is 27.5. The second kappa shape index (κ2) is 11.2. The molecule has 3 heteroatoms. The summed E-state index contributed by atoms with van der Waals surface area (Å²) in [4.78, 5) is 4.99. The number of pyridine rings is 1. The molecule has 1 atom stereocenters. The van der Waals surface area contributed by atoms with Gasteiger partial charge >= 0.3 is 0 Å². The van der Waals surface area contributed by atoms with Crippen LogP contribution < -0.4 is 10.6 Å². The first-order valence-corrected chi connectivity index (χ1v) is 18.3. The van der Waals surface area contributed by atoms with E-state index in [1.165, 1.54) is 76.9 Å². The van der Waals surface area contributed by atoms with E-state index in [9.17, 15) is 0 Å². The molecule has 3 aromatic carbocycles. The van der Waals surface area contributed by atoms with E-state index in [0.29, 0.717) is 5.54 Å². The topological polar surface area (TPSA) is 26.0 Å². The highest BCUT2D eigenvalue weighted by atomic mass is 28.3. The van der Waals surface area contributed by atoms with Crippen LogP contribution in [0.4, 0.5) is 0 Å². The molecular formula is C39H47NOSi. The summed E-state index contributed by atoms with van der Waals surface area (Å²) in [6, 6.07) is 30.7. The number of benzene rings is 3. The largest absolute Gasteiger partial charge is 0.463 e. The fraction of sp³-hybridized carbons (Fsp3) is 0.410. The van der Waals surface area contributed by atoms with Crippen LogP contribution in [0.15, 0.2) is 89.5 Å². The molecule has 0 bridgehead atoms. The normalized spacial score (nSPS) is 16.6. The Balaban J connectivity index is 1.58. The molecule has 0 spiro atoms. The maximum absolute atomic E-state index is 7.23. The van der Waals surface area contributed by atoms with Crippen LogP contribution in [0.3, 0.4) is 0 Å². The molecule has 6 rings (SSSR count). The lowest BCUT2D eigenvalue weighted by Crippen LogP contribution is -2.61. The van der Waals surface area contributed by atoms with Crippen LogP contribution in [0.1, 0.15) is 85.6 Å². The highest BCUT2D eigenvalue weighted by Crippen LogP contribution is 2.43. The lowest BCUT2D eigenvalue weighted by Gasteiger charge is -2.41. The summed E-state index contributed by atoms with van der Waals surface area (Å²) in [5, 5.41) is 6.54. The van der Waals surface area contributed by atoms with Crippen molar-refractivity contribution >= 4 is 40.4 Å². The number of furan rings is 1.